The fourth-order valence-electron chi connectivity index (χ4n) is 2.70. The zero-order valence-electron chi connectivity index (χ0n) is 17.6. The number of amides is 1. The van der Waals surface area contributed by atoms with Gasteiger partial charge in [0, 0.05) is 17.5 Å². The van der Waals surface area contributed by atoms with E-state index in [0.717, 1.165) is 36.8 Å². The number of carbonyl (C=O) groups is 1. The van der Waals surface area contributed by atoms with Crippen LogP contribution in [-0.2, 0) is 15.6 Å². The van der Waals surface area contributed by atoms with Crippen LogP contribution in [-0.4, -0.2) is 17.2 Å². The number of phenols is 1. The molecule has 4 heteroatoms. The molecule has 0 fully saturated rings. The number of nitrogens with zero attached hydrogens (tertiary/aromatic N) is 1. The van der Waals surface area contributed by atoms with Crippen molar-refractivity contribution in [2.45, 2.75) is 91.4 Å². The second-order valence-corrected chi connectivity index (χ2v) is 9.07. The van der Waals surface area contributed by atoms with Gasteiger partial charge >= 0.3 is 0 Å². The molecule has 1 amide bonds. The van der Waals surface area contributed by atoms with Crippen LogP contribution in [0.2, 0.25) is 0 Å². The molecule has 0 unspecified atom stereocenters. The molecule has 26 heavy (non-hydrogen) atoms. The number of unbranched alkanes of at least 4 members (excludes halogenated alkanes) is 3. The van der Waals surface area contributed by atoms with Crippen molar-refractivity contribution in [2.24, 2.45) is 5.10 Å². The van der Waals surface area contributed by atoms with E-state index >= 15 is 0 Å². The van der Waals surface area contributed by atoms with E-state index in [-0.39, 0.29) is 22.5 Å². The Labute approximate surface area is 159 Å². The van der Waals surface area contributed by atoms with Gasteiger partial charge in [0.1, 0.15) is 5.75 Å². The highest BCUT2D eigenvalue weighted by Gasteiger charge is 2.24. The van der Waals surface area contributed by atoms with Gasteiger partial charge in [0.25, 0.3) is 0 Å². The summed E-state index contributed by atoms with van der Waals surface area (Å²) in [5.41, 5.74) is 5.00. The van der Waals surface area contributed by atoms with Gasteiger partial charge in [-0.05, 0) is 28.9 Å². The highest BCUT2D eigenvalue weighted by Crippen LogP contribution is 2.37. The second-order valence-electron chi connectivity index (χ2n) is 9.07. The second kappa shape index (κ2) is 9.20. The van der Waals surface area contributed by atoms with Crippen LogP contribution in [0.25, 0.3) is 0 Å². The molecule has 0 aliphatic heterocycles. The third-order valence-electron chi connectivity index (χ3n) is 4.46. The van der Waals surface area contributed by atoms with Gasteiger partial charge in [-0.3, -0.25) is 4.79 Å². The summed E-state index contributed by atoms with van der Waals surface area (Å²) < 4.78 is 0. The van der Waals surface area contributed by atoms with Gasteiger partial charge < -0.3 is 5.11 Å². The number of hydrogen-bond donors (Lipinski definition) is 2. The average molecular weight is 361 g/mol. The molecule has 0 spiro atoms. The number of rotatable bonds is 7. The van der Waals surface area contributed by atoms with Crippen LogP contribution < -0.4 is 5.43 Å². The van der Waals surface area contributed by atoms with Crippen LogP contribution in [0.15, 0.2) is 17.2 Å². The Morgan fingerprint density at radius 2 is 1.73 bits per heavy atom. The molecule has 0 radical (unpaired) electrons. The monoisotopic (exact) mass is 360 g/mol. The molecular formula is C22H36N2O2. The van der Waals surface area contributed by atoms with Gasteiger partial charge in [0.15, 0.2) is 0 Å². The fourth-order valence-corrected chi connectivity index (χ4v) is 2.70. The van der Waals surface area contributed by atoms with Gasteiger partial charge in [-0.1, -0.05) is 73.8 Å². The predicted molar refractivity (Wildman–Crippen MR) is 110 cm³/mol. The molecule has 0 atom stereocenters. The van der Waals surface area contributed by atoms with E-state index in [9.17, 15) is 9.90 Å². The van der Waals surface area contributed by atoms with Gasteiger partial charge in [-0.2, -0.15) is 5.10 Å². The lowest BCUT2D eigenvalue weighted by Gasteiger charge is -2.26. The summed E-state index contributed by atoms with van der Waals surface area (Å²) >= 11 is 0. The molecule has 1 aromatic rings. The number of nitrogens with one attached hydrogen (secondary N) is 1. The molecule has 0 aliphatic carbocycles. The largest absolute Gasteiger partial charge is 0.507 e. The maximum atomic E-state index is 11.8. The Kier molecular flexibility index (Phi) is 7.86. The van der Waals surface area contributed by atoms with E-state index < -0.39 is 0 Å². The molecule has 1 rings (SSSR count). The van der Waals surface area contributed by atoms with Gasteiger partial charge in [0.05, 0.1) is 6.21 Å². The van der Waals surface area contributed by atoms with E-state index in [4.69, 9.17) is 0 Å². The van der Waals surface area contributed by atoms with E-state index in [1.54, 1.807) is 6.21 Å². The number of carbonyl (C=O) groups excluding carboxylic acids is 1. The Morgan fingerprint density at radius 1 is 1.08 bits per heavy atom. The average Bonchev–Trinajstić information content (AvgIpc) is 2.51. The van der Waals surface area contributed by atoms with Crippen LogP contribution in [0.5, 0.6) is 5.75 Å². The van der Waals surface area contributed by atoms with Gasteiger partial charge in [0.2, 0.25) is 5.91 Å². The highest BCUT2D eigenvalue weighted by molar-refractivity contribution is 5.86. The quantitative estimate of drug-likeness (QED) is 0.388. The summed E-state index contributed by atoms with van der Waals surface area (Å²) in [5, 5.41) is 14.7. The number of hydrogen-bond acceptors (Lipinski definition) is 3. The summed E-state index contributed by atoms with van der Waals surface area (Å²) in [5.74, 6) is 0.145. The lowest BCUT2D eigenvalue weighted by atomic mass is 9.79. The minimum atomic E-state index is -0.184. The fraction of sp³-hybridized carbons (Fsp3) is 0.636. The smallest absolute Gasteiger partial charge is 0.240 e. The molecule has 0 saturated carbocycles. The van der Waals surface area contributed by atoms with Crippen molar-refractivity contribution >= 4 is 12.1 Å². The lowest BCUT2D eigenvalue weighted by Crippen LogP contribution is -2.19. The van der Waals surface area contributed by atoms with Crippen molar-refractivity contribution in [3.63, 3.8) is 0 Å². The van der Waals surface area contributed by atoms with Crippen molar-refractivity contribution in [3.05, 3.63) is 28.8 Å². The Bertz CT molecular complexity index is 635. The number of aromatic hydroxyl groups is 1. The van der Waals surface area contributed by atoms with Crippen molar-refractivity contribution in [2.75, 3.05) is 0 Å². The molecule has 146 valence electrons. The molecule has 0 aliphatic rings. The topological polar surface area (TPSA) is 61.7 Å². The van der Waals surface area contributed by atoms with Crippen LogP contribution in [0.3, 0.4) is 0 Å². The first-order valence-corrected chi connectivity index (χ1v) is 9.66. The van der Waals surface area contributed by atoms with E-state index in [1.165, 1.54) is 0 Å². The molecule has 0 saturated heterocycles. The summed E-state index contributed by atoms with van der Waals surface area (Å²) in [6.45, 7) is 14.8. The van der Waals surface area contributed by atoms with E-state index in [0.29, 0.717) is 12.0 Å². The van der Waals surface area contributed by atoms with Crippen molar-refractivity contribution in [3.8, 4) is 5.75 Å². The normalized spacial score (nSPS) is 12.6. The van der Waals surface area contributed by atoms with E-state index in [1.807, 2.05) is 6.07 Å². The molecule has 2 N–H and O–H groups in total. The van der Waals surface area contributed by atoms with Crippen LogP contribution in [0.1, 0.15) is 97.3 Å². The van der Waals surface area contributed by atoms with Crippen molar-refractivity contribution < 1.29 is 9.90 Å². The maximum absolute atomic E-state index is 11.8. The molecular weight excluding hydrogens is 324 g/mol. The SMILES string of the molecule is CCCCCCC(=O)N/N=C/c1cc(C(C)(C)C)cc(C(C)(C)C)c1O. The first-order chi connectivity index (χ1) is 12.0. The molecule has 4 nitrogen and oxygen atoms in total. The van der Waals surface area contributed by atoms with Crippen LogP contribution >= 0.6 is 0 Å². The summed E-state index contributed by atoms with van der Waals surface area (Å²) in [6.07, 6.45) is 6.28. The zero-order chi connectivity index (χ0) is 20.0. The lowest BCUT2D eigenvalue weighted by molar-refractivity contribution is -0.121. The Morgan fingerprint density at radius 3 is 2.27 bits per heavy atom. The Hall–Kier alpha value is -1.84. The van der Waals surface area contributed by atoms with Crippen molar-refractivity contribution in [1.29, 1.82) is 0 Å². The number of benzene rings is 1. The van der Waals surface area contributed by atoms with E-state index in [2.05, 4.69) is 65.1 Å². The summed E-state index contributed by atoms with van der Waals surface area (Å²) in [6, 6.07) is 4.01. The predicted octanol–water partition coefficient (Wildman–Crippen LogP) is 5.41. The van der Waals surface area contributed by atoms with Crippen molar-refractivity contribution in [1.82, 2.24) is 5.43 Å². The molecule has 0 bridgehead atoms. The number of hydrazone groups is 1. The van der Waals surface area contributed by atoms with Gasteiger partial charge in [-0.15, -0.1) is 0 Å². The number of phenolic OH excluding ortho intramolecular Hbond substituents is 1. The third-order valence-corrected chi connectivity index (χ3v) is 4.46. The maximum Gasteiger partial charge on any atom is 0.240 e. The minimum Gasteiger partial charge on any atom is -0.507 e. The molecule has 1 aromatic carbocycles. The van der Waals surface area contributed by atoms with Crippen LogP contribution in [0, 0.1) is 0 Å². The zero-order valence-corrected chi connectivity index (χ0v) is 17.6. The first kappa shape index (κ1) is 22.2. The molecule has 0 heterocycles. The minimum absolute atomic E-state index is 0.0428. The first-order valence-electron chi connectivity index (χ1n) is 9.66. The highest BCUT2D eigenvalue weighted by atomic mass is 16.3. The van der Waals surface area contributed by atoms with Gasteiger partial charge in [-0.25, -0.2) is 5.43 Å². The standard InChI is InChI=1S/C22H36N2O2/c1-8-9-10-11-12-19(25)24-23-15-16-13-17(21(2,3)4)14-18(20(16)26)22(5,6)7/h13-15,26H,8-12H2,1-7H3,(H,24,25)/b23-15+. The Balaban J connectivity index is 2.96. The summed E-state index contributed by atoms with van der Waals surface area (Å²) in [7, 11) is 0. The van der Waals surface area contributed by atoms with Crippen LogP contribution in [0.4, 0.5) is 0 Å². The molecule has 0 aromatic heterocycles. The third kappa shape index (κ3) is 6.81. The summed E-state index contributed by atoms with van der Waals surface area (Å²) in [4.78, 5) is 11.8.